The molecule has 528 valence electrons. The normalized spacial score (nSPS) is 14.6. The van der Waals surface area contributed by atoms with Gasteiger partial charge in [0.05, 0.1) is 26.4 Å². The molecule has 0 saturated heterocycles. The van der Waals surface area contributed by atoms with E-state index < -0.39 is 97.5 Å². The van der Waals surface area contributed by atoms with Crippen LogP contribution in [-0.2, 0) is 65.4 Å². The van der Waals surface area contributed by atoms with Crippen molar-refractivity contribution in [1.29, 1.82) is 0 Å². The van der Waals surface area contributed by atoms with Gasteiger partial charge in [-0.15, -0.1) is 0 Å². The van der Waals surface area contributed by atoms with E-state index in [2.05, 4.69) is 55.4 Å². The summed E-state index contributed by atoms with van der Waals surface area (Å²) in [6.07, 6.45) is 41.8. The molecule has 3 N–H and O–H groups in total. The standard InChI is InChI=1S/C70H136O17P2/c1-9-63(8)49-41-33-24-20-21-27-37-45-53-70(75)87-65(56-80-67(72)50-42-34-25-19-15-17-23-31-39-47-61(4)5)58-84-88(76,77)82-54-64(71)55-83-89(78,79)85-59-66(57-81-68(73)51-43-35-29-28-32-40-48-62(6)7)86-69(74)52-44-36-26-18-14-12-10-11-13-16-22-30-38-46-60(2)3/h60-66,71H,9-59H2,1-8H3,(H,76,77)(H,78,79)/t63?,64-,65-,66-/m1/s1. The van der Waals surface area contributed by atoms with Gasteiger partial charge in [0.2, 0.25) is 0 Å². The Kier molecular flexibility index (Phi) is 58.5. The minimum atomic E-state index is -4.95. The number of esters is 4. The van der Waals surface area contributed by atoms with Crippen LogP contribution in [0.1, 0.15) is 344 Å². The van der Waals surface area contributed by atoms with Crippen molar-refractivity contribution in [1.82, 2.24) is 0 Å². The lowest BCUT2D eigenvalue weighted by atomic mass is 9.99. The highest BCUT2D eigenvalue weighted by Crippen LogP contribution is 2.45. The molecule has 0 aliphatic heterocycles. The second-order valence-corrected chi connectivity index (χ2v) is 29.8. The molecule has 0 rings (SSSR count). The summed E-state index contributed by atoms with van der Waals surface area (Å²) >= 11 is 0. The molecular formula is C70H136O17P2. The van der Waals surface area contributed by atoms with Crippen LogP contribution in [0.2, 0.25) is 0 Å². The van der Waals surface area contributed by atoms with Crippen LogP contribution in [0.4, 0.5) is 0 Å². The van der Waals surface area contributed by atoms with Crippen molar-refractivity contribution in [2.75, 3.05) is 39.6 Å². The van der Waals surface area contributed by atoms with Gasteiger partial charge in [0, 0.05) is 25.7 Å². The quantitative estimate of drug-likeness (QED) is 0.0222. The van der Waals surface area contributed by atoms with E-state index in [1.165, 1.54) is 141 Å². The van der Waals surface area contributed by atoms with Gasteiger partial charge >= 0.3 is 39.5 Å². The number of carbonyl (C=O) groups excluding carboxylic acids is 4. The predicted octanol–water partition coefficient (Wildman–Crippen LogP) is 19.7. The molecular weight excluding hydrogens is 1170 g/mol. The van der Waals surface area contributed by atoms with Gasteiger partial charge in [0.25, 0.3) is 0 Å². The van der Waals surface area contributed by atoms with Gasteiger partial charge in [-0.3, -0.25) is 37.3 Å². The Labute approximate surface area is 543 Å². The van der Waals surface area contributed by atoms with Crippen molar-refractivity contribution >= 4 is 39.5 Å². The zero-order valence-electron chi connectivity index (χ0n) is 58.1. The van der Waals surface area contributed by atoms with Gasteiger partial charge in [0.15, 0.2) is 12.2 Å². The molecule has 0 aromatic rings. The van der Waals surface area contributed by atoms with Gasteiger partial charge in [-0.1, -0.05) is 293 Å². The molecule has 19 heteroatoms. The second kappa shape index (κ2) is 59.8. The number of phosphoric ester groups is 2. The van der Waals surface area contributed by atoms with E-state index in [0.29, 0.717) is 31.6 Å². The lowest BCUT2D eigenvalue weighted by molar-refractivity contribution is -0.161. The molecule has 17 nitrogen and oxygen atoms in total. The molecule has 0 heterocycles. The summed E-state index contributed by atoms with van der Waals surface area (Å²) in [7, 11) is -9.90. The number of unbranched alkanes of at least 4 members (excludes halogenated alkanes) is 32. The molecule has 0 saturated carbocycles. The summed E-state index contributed by atoms with van der Waals surface area (Å²) in [4.78, 5) is 72.5. The third-order valence-corrected chi connectivity index (χ3v) is 18.3. The third-order valence-electron chi connectivity index (χ3n) is 16.4. The maximum absolute atomic E-state index is 13.0. The van der Waals surface area contributed by atoms with Crippen LogP contribution in [0.15, 0.2) is 0 Å². The van der Waals surface area contributed by atoms with Gasteiger partial charge in [-0.05, 0) is 49.4 Å². The van der Waals surface area contributed by atoms with E-state index >= 15 is 0 Å². The average molecular weight is 1310 g/mol. The summed E-state index contributed by atoms with van der Waals surface area (Å²) in [5, 5.41) is 10.6. The fourth-order valence-electron chi connectivity index (χ4n) is 10.5. The minimum absolute atomic E-state index is 0.104. The SMILES string of the molecule is CCC(C)CCCCCCCCCCC(=O)O[C@H](COC(=O)CCCCCCCCCCCC(C)C)COP(=O)(O)OC[C@@H](O)COP(=O)(O)OC[C@@H](COC(=O)CCCCCCCCC(C)C)OC(=O)CCCCCCCCCCCCCCCC(C)C. The van der Waals surface area contributed by atoms with Crippen molar-refractivity contribution in [2.45, 2.75) is 363 Å². The summed E-state index contributed by atoms with van der Waals surface area (Å²) in [5.41, 5.74) is 0. The molecule has 0 bridgehead atoms. The van der Waals surface area contributed by atoms with Crippen molar-refractivity contribution in [3.63, 3.8) is 0 Å². The first-order chi connectivity index (χ1) is 42.6. The minimum Gasteiger partial charge on any atom is -0.462 e. The zero-order valence-corrected chi connectivity index (χ0v) is 59.8. The Morgan fingerprint density at radius 2 is 0.539 bits per heavy atom. The topological polar surface area (TPSA) is 237 Å². The lowest BCUT2D eigenvalue weighted by Crippen LogP contribution is -2.30. The van der Waals surface area contributed by atoms with Crippen molar-refractivity contribution < 1.29 is 80.2 Å². The summed E-state index contributed by atoms with van der Waals surface area (Å²) in [5.74, 6) is 0.847. The smallest absolute Gasteiger partial charge is 0.462 e. The van der Waals surface area contributed by atoms with Gasteiger partial charge in [-0.25, -0.2) is 9.13 Å². The van der Waals surface area contributed by atoms with Gasteiger partial charge < -0.3 is 33.8 Å². The van der Waals surface area contributed by atoms with Crippen LogP contribution in [0.3, 0.4) is 0 Å². The fraction of sp³-hybridized carbons (Fsp3) is 0.943. The second-order valence-electron chi connectivity index (χ2n) is 26.9. The molecule has 3 unspecified atom stereocenters. The molecule has 6 atom stereocenters. The molecule has 0 aliphatic carbocycles. The molecule has 89 heavy (non-hydrogen) atoms. The van der Waals surface area contributed by atoms with E-state index in [4.69, 9.17) is 37.0 Å². The van der Waals surface area contributed by atoms with Crippen LogP contribution < -0.4 is 0 Å². The maximum Gasteiger partial charge on any atom is 0.472 e. The number of hydrogen-bond donors (Lipinski definition) is 3. The Morgan fingerprint density at radius 1 is 0.315 bits per heavy atom. The van der Waals surface area contributed by atoms with Gasteiger partial charge in [0.1, 0.15) is 19.3 Å². The highest BCUT2D eigenvalue weighted by Gasteiger charge is 2.30. The van der Waals surface area contributed by atoms with Crippen LogP contribution in [0.25, 0.3) is 0 Å². The van der Waals surface area contributed by atoms with Crippen LogP contribution in [-0.4, -0.2) is 96.7 Å². The maximum atomic E-state index is 13.0. The van der Waals surface area contributed by atoms with Gasteiger partial charge in [-0.2, -0.15) is 0 Å². The summed E-state index contributed by atoms with van der Waals surface area (Å²) < 4.78 is 68.3. The Morgan fingerprint density at radius 3 is 0.798 bits per heavy atom. The Balaban J connectivity index is 5.24. The first-order valence-corrected chi connectivity index (χ1v) is 39.2. The van der Waals surface area contributed by atoms with E-state index in [1.54, 1.807) is 0 Å². The van der Waals surface area contributed by atoms with Crippen molar-refractivity contribution in [3.8, 4) is 0 Å². The number of aliphatic hydroxyl groups excluding tert-OH is 1. The van der Waals surface area contributed by atoms with Crippen LogP contribution in [0.5, 0.6) is 0 Å². The first kappa shape index (κ1) is 87.1. The number of ether oxygens (including phenoxy) is 4. The number of aliphatic hydroxyl groups is 1. The monoisotopic (exact) mass is 1310 g/mol. The molecule has 0 aliphatic rings. The molecule has 0 radical (unpaired) electrons. The zero-order chi connectivity index (χ0) is 66.1. The van der Waals surface area contributed by atoms with Crippen molar-refractivity contribution in [3.05, 3.63) is 0 Å². The Bertz CT molecular complexity index is 1770. The molecule has 0 fully saturated rings. The largest absolute Gasteiger partial charge is 0.472 e. The van der Waals surface area contributed by atoms with E-state index in [1.807, 2.05) is 0 Å². The number of phosphoric acid groups is 2. The van der Waals surface area contributed by atoms with Crippen molar-refractivity contribution in [2.24, 2.45) is 23.7 Å². The predicted molar refractivity (Wildman–Crippen MR) is 358 cm³/mol. The van der Waals surface area contributed by atoms with Crippen LogP contribution >= 0.6 is 15.6 Å². The first-order valence-electron chi connectivity index (χ1n) is 36.2. The molecule has 0 aromatic carbocycles. The number of carbonyl (C=O) groups is 4. The highest BCUT2D eigenvalue weighted by atomic mass is 31.2. The number of hydrogen-bond acceptors (Lipinski definition) is 15. The number of rotatable bonds is 67. The Hall–Kier alpha value is -1.94. The van der Waals surface area contributed by atoms with Crippen LogP contribution in [0, 0.1) is 23.7 Å². The lowest BCUT2D eigenvalue weighted by Gasteiger charge is -2.21. The fourth-order valence-corrected chi connectivity index (χ4v) is 12.0. The van der Waals surface area contributed by atoms with E-state index in [9.17, 15) is 43.2 Å². The third kappa shape index (κ3) is 63.2. The molecule has 0 aromatic heterocycles. The summed E-state index contributed by atoms with van der Waals surface area (Å²) in [6, 6.07) is 0. The van der Waals surface area contributed by atoms with E-state index in [-0.39, 0.29) is 25.7 Å². The van der Waals surface area contributed by atoms with E-state index in [0.717, 1.165) is 114 Å². The molecule has 0 amide bonds. The molecule has 0 spiro atoms. The highest BCUT2D eigenvalue weighted by molar-refractivity contribution is 7.47. The summed E-state index contributed by atoms with van der Waals surface area (Å²) in [6.45, 7) is 14.1. The average Bonchev–Trinajstić information content (AvgIpc) is 3.70.